The highest BCUT2D eigenvalue weighted by molar-refractivity contribution is 8.00. The quantitative estimate of drug-likeness (QED) is 0.880. The standard InChI is InChI=1S/C14H18N2O3S/c1-8-5-4-6-9(2)12(8)15-14(19)16-10(3)20-7-11(16)13(17)18/h4-6,10-11H,7H2,1-3H3,(H,15,19)(H,17,18). The van der Waals surface area contributed by atoms with Crippen LogP contribution in [0, 0.1) is 13.8 Å². The number of aliphatic carboxylic acids is 1. The summed E-state index contributed by atoms with van der Waals surface area (Å²) in [6, 6.07) is 4.64. The first kappa shape index (κ1) is 14.7. The predicted octanol–water partition coefficient (Wildman–Crippen LogP) is 2.68. The van der Waals surface area contributed by atoms with Gasteiger partial charge in [-0.1, -0.05) is 18.2 Å². The van der Waals surface area contributed by atoms with Crippen molar-refractivity contribution in [2.45, 2.75) is 32.2 Å². The van der Waals surface area contributed by atoms with Gasteiger partial charge in [-0.05, 0) is 31.9 Å². The molecule has 0 aromatic heterocycles. The van der Waals surface area contributed by atoms with Crippen molar-refractivity contribution >= 4 is 29.4 Å². The number of para-hydroxylation sites is 1. The molecule has 0 spiro atoms. The van der Waals surface area contributed by atoms with E-state index >= 15 is 0 Å². The lowest BCUT2D eigenvalue weighted by Crippen LogP contribution is -2.47. The minimum Gasteiger partial charge on any atom is -0.480 e. The van der Waals surface area contributed by atoms with Gasteiger partial charge in [-0.15, -0.1) is 11.8 Å². The summed E-state index contributed by atoms with van der Waals surface area (Å²) in [5, 5.41) is 11.9. The Morgan fingerprint density at radius 3 is 2.50 bits per heavy atom. The summed E-state index contributed by atoms with van der Waals surface area (Å²) in [6.45, 7) is 5.68. The number of aryl methyl sites for hydroxylation is 2. The number of carbonyl (C=O) groups is 2. The van der Waals surface area contributed by atoms with Gasteiger partial charge in [0.2, 0.25) is 0 Å². The minimum atomic E-state index is -0.960. The van der Waals surface area contributed by atoms with Crippen LogP contribution in [0.3, 0.4) is 0 Å². The van der Waals surface area contributed by atoms with Gasteiger partial charge in [0.05, 0.1) is 5.37 Å². The van der Waals surface area contributed by atoms with Gasteiger partial charge < -0.3 is 10.4 Å². The zero-order valence-electron chi connectivity index (χ0n) is 11.7. The van der Waals surface area contributed by atoms with Crippen LogP contribution in [-0.4, -0.2) is 39.2 Å². The van der Waals surface area contributed by atoms with E-state index in [1.54, 1.807) is 0 Å². The van der Waals surface area contributed by atoms with Crippen LogP contribution in [0.25, 0.3) is 0 Å². The van der Waals surface area contributed by atoms with Crippen LogP contribution in [0.1, 0.15) is 18.1 Å². The van der Waals surface area contributed by atoms with Gasteiger partial charge in [-0.2, -0.15) is 0 Å². The lowest BCUT2D eigenvalue weighted by Gasteiger charge is -2.26. The van der Waals surface area contributed by atoms with Crippen molar-refractivity contribution in [2.24, 2.45) is 0 Å². The van der Waals surface area contributed by atoms with Crippen molar-refractivity contribution in [1.29, 1.82) is 0 Å². The molecular weight excluding hydrogens is 276 g/mol. The Balaban J connectivity index is 2.21. The Morgan fingerprint density at radius 1 is 1.35 bits per heavy atom. The fourth-order valence-electron chi connectivity index (χ4n) is 2.32. The van der Waals surface area contributed by atoms with E-state index in [2.05, 4.69) is 5.32 Å². The number of nitrogens with one attached hydrogen (secondary N) is 1. The molecule has 2 amide bonds. The molecule has 0 radical (unpaired) electrons. The van der Waals surface area contributed by atoms with E-state index in [9.17, 15) is 14.7 Å². The number of benzene rings is 1. The number of urea groups is 1. The molecule has 1 aliphatic rings. The van der Waals surface area contributed by atoms with Gasteiger partial charge in [0, 0.05) is 11.4 Å². The Bertz CT molecular complexity index is 527. The zero-order chi connectivity index (χ0) is 14.9. The van der Waals surface area contributed by atoms with Gasteiger partial charge in [0.1, 0.15) is 6.04 Å². The van der Waals surface area contributed by atoms with Crippen LogP contribution in [0.15, 0.2) is 18.2 Å². The van der Waals surface area contributed by atoms with Crippen molar-refractivity contribution in [3.05, 3.63) is 29.3 Å². The molecule has 2 atom stereocenters. The van der Waals surface area contributed by atoms with E-state index in [4.69, 9.17) is 0 Å². The minimum absolute atomic E-state index is 0.138. The molecule has 6 heteroatoms. The molecule has 1 heterocycles. The highest BCUT2D eigenvalue weighted by Gasteiger charge is 2.39. The summed E-state index contributed by atoms with van der Waals surface area (Å²) in [4.78, 5) is 25.0. The van der Waals surface area contributed by atoms with Gasteiger partial charge in [-0.25, -0.2) is 9.59 Å². The summed E-state index contributed by atoms with van der Waals surface area (Å²) in [6.07, 6.45) is 0. The molecule has 20 heavy (non-hydrogen) atoms. The monoisotopic (exact) mass is 294 g/mol. The average molecular weight is 294 g/mol. The van der Waals surface area contributed by atoms with Gasteiger partial charge in [0.15, 0.2) is 0 Å². The average Bonchev–Trinajstić information content (AvgIpc) is 2.76. The SMILES string of the molecule is Cc1cccc(C)c1NC(=O)N1C(C)SCC1C(=O)O. The van der Waals surface area contributed by atoms with E-state index in [0.717, 1.165) is 16.8 Å². The van der Waals surface area contributed by atoms with Crippen LogP contribution in [0.4, 0.5) is 10.5 Å². The first-order chi connectivity index (χ1) is 9.41. The number of carbonyl (C=O) groups excluding carboxylic acids is 1. The smallest absolute Gasteiger partial charge is 0.327 e. The molecule has 5 nitrogen and oxygen atoms in total. The lowest BCUT2D eigenvalue weighted by atomic mass is 10.1. The number of hydrogen-bond acceptors (Lipinski definition) is 3. The van der Waals surface area contributed by atoms with E-state index < -0.39 is 12.0 Å². The van der Waals surface area contributed by atoms with Gasteiger partial charge in [-0.3, -0.25) is 4.90 Å². The van der Waals surface area contributed by atoms with Gasteiger partial charge >= 0.3 is 12.0 Å². The van der Waals surface area contributed by atoms with Crippen molar-refractivity contribution in [1.82, 2.24) is 4.90 Å². The molecule has 1 aromatic rings. The molecular formula is C14H18N2O3S. The molecule has 2 unspecified atom stereocenters. The Hall–Kier alpha value is -1.69. The van der Waals surface area contributed by atoms with E-state index in [1.165, 1.54) is 16.7 Å². The molecule has 1 saturated heterocycles. The third-order valence-corrected chi connectivity index (χ3v) is 4.67. The van der Waals surface area contributed by atoms with Crippen LogP contribution < -0.4 is 5.32 Å². The molecule has 1 aliphatic heterocycles. The van der Waals surface area contributed by atoms with Crippen molar-refractivity contribution in [2.75, 3.05) is 11.1 Å². The fourth-order valence-corrected chi connectivity index (χ4v) is 3.49. The second-order valence-electron chi connectivity index (χ2n) is 4.89. The Morgan fingerprint density at radius 2 is 1.95 bits per heavy atom. The molecule has 2 N–H and O–H groups in total. The Labute approximate surface area is 122 Å². The third-order valence-electron chi connectivity index (χ3n) is 3.46. The summed E-state index contributed by atoms with van der Waals surface area (Å²) in [5.74, 6) is -0.532. The molecule has 0 saturated carbocycles. The second-order valence-corrected chi connectivity index (χ2v) is 6.24. The number of carboxylic acids is 1. The maximum Gasteiger partial charge on any atom is 0.327 e. The third kappa shape index (κ3) is 2.75. The van der Waals surface area contributed by atoms with Gasteiger partial charge in [0.25, 0.3) is 0 Å². The predicted molar refractivity (Wildman–Crippen MR) is 80.1 cm³/mol. The fraction of sp³-hybridized carbons (Fsp3) is 0.429. The van der Waals surface area contributed by atoms with E-state index in [-0.39, 0.29) is 11.4 Å². The molecule has 2 rings (SSSR count). The van der Waals surface area contributed by atoms with Crippen molar-refractivity contribution in [3.8, 4) is 0 Å². The first-order valence-corrected chi connectivity index (χ1v) is 7.46. The molecule has 0 bridgehead atoms. The highest BCUT2D eigenvalue weighted by Crippen LogP contribution is 2.30. The van der Waals surface area contributed by atoms with E-state index in [1.807, 2.05) is 39.0 Å². The zero-order valence-corrected chi connectivity index (χ0v) is 12.5. The number of amides is 2. The number of anilines is 1. The van der Waals surface area contributed by atoms with Crippen LogP contribution >= 0.6 is 11.8 Å². The number of thioether (sulfide) groups is 1. The van der Waals surface area contributed by atoms with Crippen LogP contribution in [-0.2, 0) is 4.79 Å². The number of rotatable bonds is 2. The number of nitrogens with zero attached hydrogens (tertiary/aromatic N) is 1. The van der Waals surface area contributed by atoms with E-state index in [0.29, 0.717) is 5.75 Å². The summed E-state index contributed by atoms with van der Waals surface area (Å²) in [7, 11) is 0. The second kappa shape index (κ2) is 5.75. The summed E-state index contributed by atoms with van der Waals surface area (Å²) >= 11 is 1.47. The lowest BCUT2D eigenvalue weighted by molar-refractivity contribution is -0.141. The highest BCUT2D eigenvalue weighted by atomic mass is 32.2. The van der Waals surface area contributed by atoms with Crippen molar-refractivity contribution in [3.63, 3.8) is 0 Å². The topological polar surface area (TPSA) is 69.6 Å². The van der Waals surface area contributed by atoms with Crippen LogP contribution in [0.5, 0.6) is 0 Å². The number of hydrogen-bond donors (Lipinski definition) is 2. The molecule has 0 aliphatic carbocycles. The molecule has 1 fully saturated rings. The normalized spacial score (nSPS) is 21.9. The molecule has 1 aromatic carbocycles. The number of carboxylic acid groups (broad SMARTS) is 1. The first-order valence-electron chi connectivity index (χ1n) is 6.41. The Kier molecular flexibility index (Phi) is 4.23. The largest absolute Gasteiger partial charge is 0.480 e. The maximum atomic E-state index is 12.4. The molecule has 108 valence electrons. The maximum absolute atomic E-state index is 12.4. The summed E-state index contributed by atoms with van der Waals surface area (Å²) in [5.41, 5.74) is 2.68. The summed E-state index contributed by atoms with van der Waals surface area (Å²) < 4.78 is 0. The van der Waals surface area contributed by atoms with Crippen LogP contribution in [0.2, 0.25) is 0 Å². The van der Waals surface area contributed by atoms with Crippen molar-refractivity contribution < 1.29 is 14.7 Å².